The zero-order chi connectivity index (χ0) is 19.8. The minimum absolute atomic E-state index is 0.00575. The predicted octanol–water partition coefficient (Wildman–Crippen LogP) is 3.49. The zero-order valence-electron chi connectivity index (χ0n) is 15.9. The van der Waals surface area contributed by atoms with E-state index >= 15 is 0 Å². The van der Waals surface area contributed by atoms with E-state index < -0.39 is 0 Å². The van der Waals surface area contributed by atoms with Crippen LogP contribution in [-0.4, -0.2) is 32.1 Å². The van der Waals surface area contributed by atoms with Crippen molar-refractivity contribution in [3.8, 4) is 11.5 Å². The minimum atomic E-state index is -0.338. The monoisotopic (exact) mass is 368 g/mol. The van der Waals surface area contributed by atoms with Gasteiger partial charge < -0.3 is 20.1 Å². The first-order chi connectivity index (χ1) is 12.9. The van der Waals surface area contributed by atoms with Gasteiger partial charge in [0.25, 0.3) is 5.91 Å². The van der Waals surface area contributed by atoms with E-state index in [9.17, 15) is 9.59 Å². The molecule has 0 unspecified atom stereocenters. The molecule has 2 aromatic rings. The Hall–Kier alpha value is -3.28. The summed E-state index contributed by atoms with van der Waals surface area (Å²) in [6.45, 7) is 3.76. The fraction of sp³-hybridized carbons (Fsp3) is 0.238. The number of hydrogen-bond donors (Lipinski definition) is 2. The molecule has 0 fully saturated rings. The molecule has 142 valence electrons. The lowest BCUT2D eigenvalue weighted by atomic mass is 10.1. The van der Waals surface area contributed by atoms with Gasteiger partial charge in [0.1, 0.15) is 0 Å². The Balaban J connectivity index is 2.12. The number of anilines is 1. The van der Waals surface area contributed by atoms with Crippen molar-refractivity contribution in [1.82, 2.24) is 5.32 Å². The van der Waals surface area contributed by atoms with Crippen LogP contribution in [0.5, 0.6) is 11.5 Å². The topological polar surface area (TPSA) is 76.7 Å². The number of carbonyl (C=O) groups excluding carboxylic acids is 2. The number of methoxy groups -OCH3 is 2. The second-order valence-electron chi connectivity index (χ2n) is 6.11. The van der Waals surface area contributed by atoms with E-state index in [1.807, 2.05) is 19.9 Å². The summed E-state index contributed by atoms with van der Waals surface area (Å²) in [5.74, 6) is 0.624. The van der Waals surface area contributed by atoms with Crippen molar-refractivity contribution in [3.63, 3.8) is 0 Å². The van der Waals surface area contributed by atoms with Gasteiger partial charge in [-0.25, -0.2) is 0 Å². The van der Waals surface area contributed by atoms with Crippen LogP contribution in [0.25, 0.3) is 6.08 Å². The molecule has 0 radical (unpaired) electrons. The van der Waals surface area contributed by atoms with E-state index in [1.54, 1.807) is 56.7 Å². The number of hydrogen-bond acceptors (Lipinski definition) is 4. The SMILES string of the molecule is COc1ccc(C=CC(=O)Nc2ccccc2C(=O)NC(C)C)cc1OC. The molecule has 0 spiro atoms. The predicted molar refractivity (Wildman–Crippen MR) is 106 cm³/mol. The van der Waals surface area contributed by atoms with Gasteiger partial charge in [-0.3, -0.25) is 9.59 Å². The van der Waals surface area contributed by atoms with Crippen LogP contribution in [0.4, 0.5) is 5.69 Å². The largest absolute Gasteiger partial charge is 0.493 e. The van der Waals surface area contributed by atoms with Crippen LogP contribution in [0, 0.1) is 0 Å². The number of nitrogens with one attached hydrogen (secondary N) is 2. The minimum Gasteiger partial charge on any atom is -0.493 e. The molecule has 0 heterocycles. The van der Waals surface area contributed by atoms with Crippen molar-refractivity contribution in [3.05, 3.63) is 59.7 Å². The molecule has 0 aromatic heterocycles. The van der Waals surface area contributed by atoms with Crippen LogP contribution < -0.4 is 20.1 Å². The van der Waals surface area contributed by atoms with Gasteiger partial charge in [0.15, 0.2) is 11.5 Å². The van der Waals surface area contributed by atoms with E-state index in [2.05, 4.69) is 10.6 Å². The summed E-state index contributed by atoms with van der Waals surface area (Å²) >= 11 is 0. The summed E-state index contributed by atoms with van der Waals surface area (Å²) in [7, 11) is 3.12. The molecule has 0 aliphatic rings. The number of rotatable bonds is 7. The molecule has 0 atom stereocenters. The smallest absolute Gasteiger partial charge is 0.253 e. The number of carbonyl (C=O) groups is 2. The van der Waals surface area contributed by atoms with Gasteiger partial charge >= 0.3 is 0 Å². The van der Waals surface area contributed by atoms with Crippen LogP contribution in [-0.2, 0) is 4.79 Å². The third-order valence-electron chi connectivity index (χ3n) is 3.68. The van der Waals surface area contributed by atoms with E-state index in [-0.39, 0.29) is 17.9 Å². The van der Waals surface area contributed by atoms with Crippen molar-refractivity contribution in [2.75, 3.05) is 19.5 Å². The van der Waals surface area contributed by atoms with Crippen molar-refractivity contribution in [2.45, 2.75) is 19.9 Å². The quantitative estimate of drug-likeness (QED) is 0.734. The van der Waals surface area contributed by atoms with Crippen LogP contribution in [0.3, 0.4) is 0 Å². The van der Waals surface area contributed by atoms with Crippen LogP contribution >= 0.6 is 0 Å². The second-order valence-corrected chi connectivity index (χ2v) is 6.11. The average molecular weight is 368 g/mol. The summed E-state index contributed by atoms with van der Waals surface area (Å²) in [6, 6.07) is 12.2. The third-order valence-corrected chi connectivity index (χ3v) is 3.68. The molecule has 0 saturated heterocycles. The summed E-state index contributed by atoms with van der Waals surface area (Å²) in [4.78, 5) is 24.5. The fourth-order valence-electron chi connectivity index (χ4n) is 2.43. The number of para-hydroxylation sites is 1. The summed E-state index contributed by atoms with van der Waals surface area (Å²) in [5, 5.41) is 5.56. The van der Waals surface area contributed by atoms with Crippen LogP contribution in [0.1, 0.15) is 29.8 Å². The van der Waals surface area contributed by atoms with Gasteiger partial charge in [0.05, 0.1) is 25.5 Å². The Kier molecular flexibility index (Phi) is 7.00. The molecule has 2 rings (SSSR count). The lowest BCUT2D eigenvalue weighted by Crippen LogP contribution is -2.30. The fourth-order valence-corrected chi connectivity index (χ4v) is 2.43. The Morgan fingerprint density at radius 1 is 1.00 bits per heavy atom. The third kappa shape index (κ3) is 5.60. The first-order valence-corrected chi connectivity index (χ1v) is 8.55. The normalized spacial score (nSPS) is 10.7. The number of amides is 2. The average Bonchev–Trinajstić information content (AvgIpc) is 2.65. The summed E-state index contributed by atoms with van der Waals surface area (Å²) in [6.07, 6.45) is 3.06. The molecular formula is C21H24N2O4. The molecule has 0 aliphatic heterocycles. The van der Waals surface area contributed by atoms with Crippen LogP contribution in [0.2, 0.25) is 0 Å². The molecule has 0 saturated carbocycles. The Labute approximate surface area is 159 Å². The second kappa shape index (κ2) is 9.43. The molecule has 0 bridgehead atoms. The molecule has 2 aromatic carbocycles. The maximum Gasteiger partial charge on any atom is 0.253 e. The van der Waals surface area contributed by atoms with Gasteiger partial charge in [-0.1, -0.05) is 18.2 Å². The first kappa shape index (κ1) is 20.0. The van der Waals surface area contributed by atoms with E-state index in [1.165, 1.54) is 6.08 Å². The van der Waals surface area contributed by atoms with Crippen molar-refractivity contribution in [2.24, 2.45) is 0 Å². The standard InChI is InChI=1S/C21H24N2O4/c1-14(2)22-21(25)16-7-5-6-8-17(16)23-20(24)12-10-15-9-11-18(26-3)19(13-15)27-4/h5-14H,1-4H3,(H,22,25)(H,23,24). The highest BCUT2D eigenvalue weighted by Gasteiger charge is 2.12. The molecular weight excluding hydrogens is 344 g/mol. The van der Waals surface area contributed by atoms with Gasteiger partial charge in [-0.15, -0.1) is 0 Å². The highest BCUT2D eigenvalue weighted by molar-refractivity contribution is 6.07. The molecule has 2 N–H and O–H groups in total. The maximum atomic E-state index is 12.3. The summed E-state index contributed by atoms with van der Waals surface area (Å²) in [5.41, 5.74) is 1.66. The lowest BCUT2D eigenvalue weighted by molar-refractivity contribution is -0.111. The van der Waals surface area contributed by atoms with E-state index in [0.717, 1.165) is 5.56 Å². The van der Waals surface area contributed by atoms with E-state index in [4.69, 9.17) is 9.47 Å². The maximum absolute atomic E-state index is 12.3. The molecule has 27 heavy (non-hydrogen) atoms. The van der Waals surface area contributed by atoms with Gasteiger partial charge in [-0.2, -0.15) is 0 Å². The molecule has 0 aliphatic carbocycles. The molecule has 2 amide bonds. The molecule has 6 heteroatoms. The first-order valence-electron chi connectivity index (χ1n) is 8.55. The van der Waals surface area contributed by atoms with Gasteiger partial charge in [0, 0.05) is 12.1 Å². The Bertz CT molecular complexity index is 844. The van der Waals surface area contributed by atoms with Gasteiger partial charge in [-0.05, 0) is 49.8 Å². The van der Waals surface area contributed by atoms with Crippen molar-refractivity contribution in [1.29, 1.82) is 0 Å². The van der Waals surface area contributed by atoms with Gasteiger partial charge in [0.2, 0.25) is 5.91 Å². The van der Waals surface area contributed by atoms with Crippen molar-refractivity contribution < 1.29 is 19.1 Å². The zero-order valence-corrected chi connectivity index (χ0v) is 15.9. The number of benzene rings is 2. The highest BCUT2D eigenvalue weighted by Crippen LogP contribution is 2.28. The van der Waals surface area contributed by atoms with Crippen LogP contribution in [0.15, 0.2) is 48.5 Å². The number of ether oxygens (including phenoxy) is 2. The van der Waals surface area contributed by atoms with Crippen molar-refractivity contribution >= 4 is 23.6 Å². The lowest BCUT2D eigenvalue weighted by Gasteiger charge is -2.12. The Morgan fingerprint density at radius 3 is 2.37 bits per heavy atom. The molecule has 6 nitrogen and oxygen atoms in total. The summed E-state index contributed by atoms with van der Waals surface area (Å²) < 4.78 is 10.4. The highest BCUT2D eigenvalue weighted by atomic mass is 16.5. The Morgan fingerprint density at radius 2 is 1.70 bits per heavy atom. The van der Waals surface area contributed by atoms with E-state index in [0.29, 0.717) is 22.7 Å².